The van der Waals surface area contributed by atoms with E-state index in [0.29, 0.717) is 17.7 Å². The molecule has 25 heavy (non-hydrogen) atoms. The molecule has 0 radical (unpaired) electrons. The summed E-state index contributed by atoms with van der Waals surface area (Å²) < 4.78 is 5.26. The van der Waals surface area contributed by atoms with E-state index in [4.69, 9.17) is 4.42 Å². The van der Waals surface area contributed by atoms with Gasteiger partial charge in [0.25, 0.3) is 0 Å². The molecule has 0 aliphatic rings. The number of aryl methyl sites for hydroxylation is 1. The Balaban J connectivity index is 0. The average molecular weight is 402 g/mol. The second-order valence-electron chi connectivity index (χ2n) is 5.19. The third-order valence-electron chi connectivity index (χ3n) is 3.80. The average Bonchev–Trinajstić information content (AvgIpc) is 2.49. The number of phenols is 1. The number of aliphatic imine (C=N–C) groups is 1. The van der Waals surface area contributed by atoms with Crippen LogP contribution in [0.5, 0.6) is 5.75 Å². The van der Waals surface area contributed by atoms with Crippen LogP contribution >= 0.6 is 0 Å². The van der Waals surface area contributed by atoms with Crippen LogP contribution in [-0.2, 0) is 17.1 Å². The van der Waals surface area contributed by atoms with Crippen molar-refractivity contribution in [3.63, 3.8) is 0 Å². The third kappa shape index (κ3) is 6.26. The van der Waals surface area contributed by atoms with E-state index in [1.165, 1.54) is 6.07 Å². The maximum atomic E-state index is 11.6. The topological polar surface area (TPSA) is 129 Å². The molecule has 0 aliphatic carbocycles. The van der Waals surface area contributed by atoms with Crippen molar-refractivity contribution in [3.8, 4) is 5.75 Å². The Bertz CT molecular complexity index is 742. The molecule has 0 fully saturated rings. The van der Waals surface area contributed by atoms with Crippen LogP contribution in [0.15, 0.2) is 32.4 Å². The van der Waals surface area contributed by atoms with E-state index in [9.17, 15) is 9.90 Å². The smallest absolute Gasteiger partial charge is 0.507 e. The maximum Gasteiger partial charge on any atom is 1.00 e. The van der Waals surface area contributed by atoms with Crippen LogP contribution in [0.2, 0.25) is 0 Å². The Hall–Kier alpha value is -1.70. The van der Waals surface area contributed by atoms with E-state index in [1.807, 2.05) is 6.92 Å². The van der Waals surface area contributed by atoms with Gasteiger partial charge >= 0.3 is 22.7 Å². The molecule has 0 aliphatic heterocycles. The molecule has 2 rings (SSSR count). The zero-order valence-corrected chi connectivity index (χ0v) is 15.5. The maximum absolute atomic E-state index is 11.6. The van der Waals surface area contributed by atoms with Gasteiger partial charge in [0.05, 0.1) is 12.1 Å². The summed E-state index contributed by atoms with van der Waals surface area (Å²) in [7, 11) is 0. The first-order valence-electron chi connectivity index (χ1n) is 7.55. The number of benzene rings is 1. The van der Waals surface area contributed by atoms with E-state index < -0.39 is 5.63 Å². The molecule has 0 saturated heterocycles. The number of fused-ring (bicyclic) bond motifs is 1. The van der Waals surface area contributed by atoms with Crippen molar-refractivity contribution in [2.75, 3.05) is 26.2 Å². The molecular formula is C17H26CuN2O5+. The molecular weight excluding hydrogens is 376 g/mol. The Morgan fingerprint density at radius 1 is 1.24 bits per heavy atom. The molecule has 0 unspecified atom stereocenters. The van der Waals surface area contributed by atoms with Crippen LogP contribution in [0.25, 0.3) is 11.0 Å². The summed E-state index contributed by atoms with van der Waals surface area (Å²) in [4.78, 5) is 18.2. The normalized spacial score (nSPS) is 10.4. The summed E-state index contributed by atoms with van der Waals surface area (Å²) >= 11 is 0. The minimum absolute atomic E-state index is 0. The Kier molecular flexibility index (Phi) is 12.0. The van der Waals surface area contributed by atoms with Crippen LogP contribution in [0.3, 0.4) is 0 Å². The van der Waals surface area contributed by atoms with Crippen LogP contribution in [0.4, 0.5) is 0 Å². The van der Waals surface area contributed by atoms with Crippen molar-refractivity contribution in [1.29, 1.82) is 0 Å². The van der Waals surface area contributed by atoms with E-state index in [0.717, 1.165) is 30.6 Å². The standard InChI is InChI=1S/C17H22N2O3.Cu.2H2O/c1-4-19(5-2)9-8-18-11-14-15(20)7-6-13-12(3)10-16(21)22-17(13)14;;;/h6-7,10-11,20H,4-5,8-9H2,1-3H3;;2*1H2/q;+1;;. The van der Waals surface area contributed by atoms with Gasteiger partial charge in [-0.25, -0.2) is 4.79 Å². The van der Waals surface area contributed by atoms with Gasteiger partial charge in [-0.1, -0.05) is 13.8 Å². The largest absolute Gasteiger partial charge is 1.00 e. The molecule has 5 N–H and O–H groups in total. The van der Waals surface area contributed by atoms with Gasteiger partial charge in [0, 0.05) is 24.2 Å². The number of phenolic OH excluding ortho intramolecular Hbond substituents is 1. The van der Waals surface area contributed by atoms with Gasteiger partial charge in [0.2, 0.25) is 0 Å². The minimum atomic E-state index is -0.423. The Morgan fingerprint density at radius 3 is 2.48 bits per heavy atom. The fourth-order valence-corrected chi connectivity index (χ4v) is 2.41. The molecule has 144 valence electrons. The van der Waals surface area contributed by atoms with Gasteiger partial charge in [-0.2, -0.15) is 0 Å². The molecule has 1 heterocycles. The van der Waals surface area contributed by atoms with Gasteiger partial charge in [0.15, 0.2) is 5.58 Å². The summed E-state index contributed by atoms with van der Waals surface area (Å²) in [6.07, 6.45) is 1.59. The number of hydrogen-bond acceptors (Lipinski definition) is 5. The Labute approximate surface area is 157 Å². The van der Waals surface area contributed by atoms with E-state index in [1.54, 1.807) is 18.3 Å². The second kappa shape index (κ2) is 11.8. The minimum Gasteiger partial charge on any atom is -0.507 e. The number of aromatic hydroxyl groups is 1. The summed E-state index contributed by atoms with van der Waals surface area (Å²) in [6, 6.07) is 4.79. The van der Waals surface area contributed by atoms with Crippen LogP contribution < -0.4 is 5.63 Å². The van der Waals surface area contributed by atoms with Gasteiger partial charge < -0.3 is 25.4 Å². The predicted molar refractivity (Wildman–Crippen MR) is 96.4 cm³/mol. The second-order valence-corrected chi connectivity index (χ2v) is 5.19. The fraction of sp³-hybridized carbons (Fsp3) is 0.412. The molecule has 7 nitrogen and oxygen atoms in total. The molecule has 1 aromatic carbocycles. The van der Waals surface area contributed by atoms with Gasteiger partial charge in [-0.05, 0) is 37.7 Å². The number of rotatable bonds is 6. The first kappa shape index (κ1) is 25.5. The van der Waals surface area contributed by atoms with E-state index in [2.05, 4.69) is 23.7 Å². The van der Waals surface area contributed by atoms with Crippen molar-refractivity contribution in [1.82, 2.24) is 4.90 Å². The predicted octanol–water partition coefficient (Wildman–Crippen LogP) is 0.916. The molecule has 2 aromatic rings. The van der Waals surface area contributed by atoms with Gasteiger partial charge in [-0.3, -0.25) is 4.99 Å². The molecule has 1 aromatic heterocycles. The fourth-order valence-electron chi connectivity index (χ4n) is 2.41. The van der Waals surface area contributed by atoms with Gasteiger partial charge in [-0.15, -0.1) is 0 Å². The first-order valence-corrected chi connectivity index (χ1v) is 7.55. The summed E-state index contributed by atoms with van der Waals surface area (Å²) in [5.41, 5.74) is 1.24. The number of hydrogen-bond donors (Lipinski definition) is 1. The van der Waals surface area contributed by atoms with Crippen LogP contribution in [0.1, 0.15) is 25.0 Å². The monoisotopic (exact) mass is 401 g/mol. The van der Waals surface area contributed by atoms with Crippen molar-refractivity contribution in [3.05, 3.63) is 39.7 Å². The van der Waals surface area contributed by atoms with Crippen molar-refractivity contribution >= 4 is 17.2 Å². The first-order chi connectivity index (χ1) is 10.6. The van der Waals surface area contributed by atoms with Crippen LogP contribution in [0, 0.1) is 6.92 Å². The summed E-state index contributed by atoms with van der Waals surface area (Å²) in [5, 5.41) is 10.8. The zero-order chi connectivity index (χ0) is 16.1. The molecule has 0 spiro atoms. The molecule has 0 atom stereocenters. The SMILES string of the molecule is CCN(CC)CCN=Cc1c(O)ccc2c(C)cc(=O)oc12.O.O.[Cu+]. The summed E-state index contributed by atoms with van der Waals surface area (Å²) in [6.45, 7) is 9.53. The van der Waals surface area contributed by atoms with Crippen molar-refractivity contribution in [2.24, 2.45) is 4.99 Å². The Morgan fingerprint density at radius 2 is 1.88 bits per heavy atom. The molecule has 0 bridgehead atoms. The van der Waals surface area contributed by atoms with Crippen molar-refractivity contribution in [2.45, 2.75) is 20.8 Å². The van der Waals surface area contributed by atoms with Gasteiger partial charge in [0.1, 0.15) is 5.75 Å². The third-order valence-corrected chi connectivity index (χ3v) is 3.80. The quantitative estimate of drug-likeness (QED) is 0.438. The van der Waals surface area contributed by atoms with E-state index >= 15 is 0 Å². The van der Waals surface area contributed by atoms with Crippen LogP contribution in [-0.4, -0.2) is 53.4 Å². The molecule has 0 saturated carbocycles. The number of nitrogens with zero attached hydrogens (tertiary/aromatic N) is 2. The van der Waals surface area contributed by atoms with Crippen molar-refractivity contribution < 1.29 is 37.5 Å². The number of likely N-dealkylation sites (N-methyl/N-ethyl adjacent to an activating group) is 1. The van der Waals surface area contributed by atoms with E-state index in [-0.39, 0.29) is 33.8 Å². The molecule has 8 heteroatoms. The summed E-state index contributed by atoms with van der Waals surface area (Å²) in [5.74, 6) is 0.0628. The molecule has 0 amide bonds. The zero-order valence-electron chi connectivity index (χ0n) is 14.6.